The van der Waals surface area contributed by atoms with Crippen molar-refractivity contribution in [1.29, 1.82) is 0 Å². The summed E-state index contributed by atoms with van der Waals surface area (Å²) in [6, 6.07) is 3.91. The topological polar surface area (TPSA) is 88.0 Å². The van der Waals surface area contributed by atoms with E-state index in [2.05, 4.69) is 20.3 Å². The highest BCUT2D eigenvalue weighted by Gasteiger charge is 2.33. The van der Waals surface area contributed by atoms with Crippen LogP contribution in [-0.4, -0.2) is 32.6 Å². The molecule has 0 unspecified atom stereocenters. The third-order valence-corrected chi connectivity index (χ3v) is 2.81. The molecule has 0 aliphatic rings. The lowest BCUT2D eigenvalue weighted by Gasteiger charge is -2.11. The number of hydrogen-bond donors (Lipinski definition) is 2. The highest BCUT2D eigenvalue weighted by Crippen LogP contribution is 2.30. The molecule has 2 N–H and O–H groups in total. The number of pyridine rings is 1. The fourth-order valence-corrected chi connectivity index (χ4v) is 1.76. The quantitative estimate of drug-likeness (QED) is 0.794. The number of aromatic nitrogens is 3. The summed E-state index contributed by atoms with van der Waals surface area (Å²) in [6.07, 6.45) is -1.58. The van der Waals surface area contributed by atoms with Crippen molar-refractivity contribution < 1.29 is 23.1 Å². The summed E-state index contributed by atoms with van der Waals surface area (Å²) < 4.78 is 38.8. The summed E-state index contributed by atoms with van der Waals surface area (Å²) in [4.78, 5) is 21.8. The van der Waals surface area contributed by atoms with Gasteiger partial charge >= 0.3 is 12.1 Å². The molecule has 0 saturated carbocycles. The van der Waals surface area contributed by atoms with Crippen molar-refractivity contribution in [2.75, 3.05) is 11.9 Å². The zero-order valence-corrected chi connectivity index (χ0v) is 11.8. The Kier molecular flexibility index (Phi) is 5.09. The number of carboxylic acids is 1. The smallest absolute Gasteiger partial charge is 0.433 e. The van der Waals surface area contributed by atoms with Crippen LogP contribution in [0.3, 0.4) is 0 Å². The first kappa shape index (κ1) is 16.7. The zero-order valence-electron chi connectivity index (χ0n) is 11.8. The predicted molar refractivity (Wildman–Crippen MR) is 75.6 cm³/mol. The third kappa shape index (κ3) is 4.90. The second-order valence-electron chi connectivity index (χ2n) is 4.63. The lowest BCUT2D eigenvalue weighted by Crippen LogP contribution is -2.13. The molecule has 0 bridgehead atoms. The molecular weight excluding hydrogens is 313 g/mol. The van der Waals surface area contributed by atoms with Crippen LogP contribution in [0.25, 0.3) is 11.4 Å². The summed E-state index contributed by atoms with van der Waals surface area (Å²) in [7, 11) is 0. The molecule has 2 aromatic heterocycles. The molecule has 0 aliphatic carbocycles. The Hall–Kier alpha value is -2.71. The second kappa shape index (κ2) is 7.03. The van der Waals surface area contributed by atoms with Gasteiger partial charge in [-0.3, -0.25) is 9.78 Å². The van der Waals surface area contributed by atoms with Crippen molar-refractivity contribution >= 4 is 11.8 Å². The predicted octanol–water partition coefficient (Wildman–Crippen LogP) is 2.83. The first-order chi connectivity index (χ1) is 10.9. The Morgan fingerprint density at radius 1 is 1.30 bits per heavy atom. The van der Waals surface area contributed by atoms with E-state index in [1.54, 1.807) is 12.1 Å². The number of anilines is 1. The van der Waals surface area contributed by atoms with Gasteiger partial charge in [-0.2, -0.15) is 13.2 Å². The van der Waals surface area contributed by atoms with Gasteiger partial charge in [0.05, 0.1) is 0 Å². The normalized spacial score (nSPS) is 11.3. The minimum Gasteiger partial charge on any atom is -0.481 e. The average molecular weight is 326 g/mol. The largest absolute Gasteiger partial charge is 0.481 e. The Labute approximate surface area is 129 Å². The monoisotopic (exact) mass is 326 g/mol. The molecule has 122 valence electrons. The second-order valence-corrected chi connectivity index (χ2v) is 4.63. The van der Waals surface area contributed by atoms with Crippen molar-refractivity contribution in [1.82, 2.24) is 15.0 Å². The van der Waals surface area contributed by atoms with Gasteiger partial charge in [0.25, 0.3) is 0 Å². The van der Waals surface area contributed by atoms with Crippen molar-refractivity contribution in [3.8, 4) is 11.4 Å². The molecule has 2 rings (SSSR count). The maximum Gasteiger partial charge on any atom is 0.433 e. The van der Waals surface area contributed by atoms with Gasteiger partial charge in [-0.1, -0.05) is 0 Å². The van der Waals surface area contributed by atoms with E-state index in [0.29, 0.717) is 5.56 Å². The Balaban J connectivity index is 2.25. The van der Waals surface area contributed by atoms with Crippen LogP contribution in [0.1, 0.15) is 18.5 Å². The molecule has 0 aromatic carbocycles. The summed E-state index contributed by atoms with van der Waals surface area (Å²) in [5.74, 6) is -1.09. The van der Waals surface area contributed by atoms with Gasteiger partial charge < -0.3 is 10.4 Å². The van der Waals surface area contributed by atoms with Gasteiger partial charge in [0.2, 0.25) is 0 Å². The molecule has 23 heavy (non-hydrogen) atoms. The van der Waals surface area contributed by atoms with Gasteiger partial charge in [0, 0.05) is 37.0 Å². The SMILES string of the molecule is O=C(O)CCCNc1cc(C(F)(F)F)nc(-c2cccnc2)n1. The molecule has 2 aromatic rings. The number of alkyl halides is 3. The average Bonchev–Trinajstić information content (AvgIpc) is 2.51. The third-order valence-electron chi connectivity index (χ3n) is 2.81. The number of aliphatic carboxylic acids is 1. The lowest BCUT2D eigenvalue weighted by atomic mass is 10.2. The van der Waals surface area contributed by atoms with Crippen molar-refractivity contribution in [3.63, 3.8) is 0 Å². The van der Waals surface area contributed by atoms with Crippen LogP contribution in [0.4, 0.5) is 19.0 Å². The van der Waals surface area contributed by atoms with Crippen molar-refractivity contribution in [3.05, 3.63) is 36.3 Å². The molecule has 0 fully saturated rings. The van der Waals surface area contributed by atoms with Crippen molar-refractivity contribution in [2.24, 2.45) is 0 Å². The van der Waals surface area contributed by atoms with Crippen molar-refractivity contribution in [2.45, 2.75) is 19.0 Å². The maximum absolute atomic E-state index is 12.9. The standard InChI is InChI=1S/C14H13F3N4O2/c15-14(16,17)10-7-11(19-6-2-4-12(22)23)21-13(20-10)9-3-1-5-18-8-9/h1,3,5,7-8H,2,4,6H2,(H,22,23)(H,19,20,21). The van der Waals surface area contributed by atoms with E-state index in [-0.39, 0.29) is 31.0 Å². The van der Waals surface area contributed by atoms with E-state index in [9.17, 15) is 18.0 Å². The molecule has 0 saturated heterocycles. The lowest BCUT2D eigenvalue weighted by molar-refractivity contribution is -0.141. The van der Waals surface area contributed by atoms with Gasteiger partial charge in [-0.15, -0.1) is 0 Å². The fraction of sp³-hybridized carbons (Fsp3) is 0.286. The first-order valence-corrected chi connectivity index (χ1v) is 6.68. The van der Waals surface area contributed by atoms with E-state index in [1.165, 1.54) is 12.4 Å². The highest BCUT2D eigenvalue weighted by atomic mass is 19.4. The van der Waals surface area contributed by atoms with Crippen LogP contribution < -0.4 is 5.32 Å². The highest BCUT2D eigenvalue weighted by molar-refractivity contribution is 5.66. The number of hydrogen-bond acceptors (Lipinski definition) is 5. The molecular formula is C14H13F3N4O2. The van der Waals surface area contributed by atoms with E-state index in [0.717, 1.165) is 6.07 Å². The van der Waals surface area contributed by atoms with Gasteiger partial charge in [0.15, 0.2) is 11.5 Å². The number of halogens is 3. The van der Waals surface area contributed by atoms with Gasteiger partial charge in [-0.25, -0.2) is 9.97 Å². The minimum absolute atomic E-state index is 0.0171. The van der Waals surface area contributed by atoms with Crippen LogP contribution in [0.15, 0.2) is 30.6 Å². The molecule has 0 radical (unpaired) electrons. The van der Waals surface area contributed by atoms with Crippen LogP contribution >= 0.6 is 0 Å². The molecule has 2 heterocycles. The minimum atomic E-state index is -4.61. The Bertz CT molecular complexity index is 677. The summed E-state index contributed by atoms with van der Waals surface area (Å²) in [5.41, 5.74) is -0.723. The fourth-order valence-electron chi connectivity index (χ4n) is 1.76. The Morgan fingerprint density at radius 3 is 2.70 bits per heavy atom. The van der Waals surface area contributed by atoms with Gasteiger partial charge in [-0.05, 0) is 18.6 Å². The first-order valence-electron chi connectivity index (χ1n) is 6.68. The summed E-state index contributed by atoms with van der Waals surface area (Å²) in [6.45, 7) is 0.188. The number of carbonyl (C=O) groups is 1. The van der Waals surface area contributed by atoms with Gasteiger partial charge in [0.1, 0.15) is 5.82 Å². The number of rotatable bonds is 6. The van der Waals surface area contributed by atoms with Crippen LogP contribution in [0, 0.1) is 0 Å². The molecule has 9 heteroatoms. The molecule has 6 nitrogen and oxygen atoms in total. The van der Waals surface area contributed by atoms with E-state index < -0.39 is 17.8 Å². The van der Waals surface area contributed by atoms with Crippen LogP contribution in [0.2, 0.25) is 0 Å². The number of nitrogens with zero attached hydrogens (tertiary/aromatic N) is 3. The van der Waals surface area contributed by atoms with E-state index >= 15 is 0 Å². The zero-order chi connectivity index (χ0) is 16.9. The molecule has 0 amide bonds. The van der Waals surface area contributed by atoms with Crippen LogP contribution in [-0.2, 0) is 11.0 Å². The maximum atomic E-state index is 12.9. The number of carboxylic acid groups (broad SMARTS) is 1. The van der Waals surface area contributed by atoms with E-state index in [4.69, 9.17) is 5.11 Å². The summed E-state index contributed by atoms with van der Waals surface area (Å²) in [5, 5.41) is 11.2. The molecule has 0 atom stereocenters. The molecule has 0 aliphatic heterocycles. The van der Waals surface area contributed by atoms with Crippen LogP contribution in [0.5, 0.6) is 0 Å². The Morgan fingerprint density at radius 2 is 2.09 bits per heavy atom. The number of nitrogens with one attached hydrogen (secondary N) is 1. The van der Waals surface area contributed by atoms with E-state index in [1.807, 2.05) is 0 Å². The summed E-state index contributed by atoms with van der Waals surface area (Å²) >= 11 is 0. The molecule has 0 spiro atoms.